The highest BCUT2D eigenvalue weighted by Crippen LogP contribution is 2.10. The van der Waals surface area contributed by atoms with Gasteiger partial charge < -0.3 is 15.2 Å². The molecule has 1 unspecified atom stereocenters. The number of hydrogen-bond acceptors (Lipinski definition) is 3. The van der Waals surface area contributed by atoms with Gasteiger partial charge in [-0.15, -0.1) is 0 Å². The zero-order chi connectivity index (χ0) is 9.03. The topological polar surface area (TPSA) is 72.7 Å². The number of carboxylic acids is 1. The summed E-state index contributed by atoms with van der Waals surface area (Å²) >= 11 is 0. The largest absolute Gasteiger partial charge is 0.478 e. The third-order valence-electron chi connectivity index (χ3n) is 1.74. The third kappa shape index (κ3) is 1.74. The Bertz CT molecular complexity index is 161. The average Bonchev–Trinajstić information content (AvgIpc) is 2.06. The molecule has 0 bridgehead atoms. The molecule has 5 heteroatoms. The number of ether oxygens (including phenoxy) is 1. The molecule has 1 aliphatic heterocycles. The van der Waals surface area contributed by atoms with Crippen LogP contribution in [-0.2, 0) is 9.53 Å². The highest BCUT2D eigenvalue weighted by Gasteiger charge is 2.41. The molecule has 0 saturated carbocycles. The molecule has 0 aromatic heterocycles. The van der Waals surface area contributed by atoms with Crippen LogP contribution < -0.4 is 10.6 Å². The van der Waals surface area contributed by atoms with E-state index in [1.165, 1.54) is 0 Å². The van der Waals surface area contributed by atoms with Crippen molar-refractivity contribution < 1.29 is 14.6 Å². The number of carboxylic acid groups (broad SMARTS) is 1. The Morgan fingerprint density at radius 2 is 2.58 bits per heavy atom. The second kappa shape index (κ2) is 3.84. The van der Waals surface area contributed by atoms with Crippen molar-refractivity contribution >= 4 is 5.97 Å². The zero-order valence-corrected chi connectivity index (χ0v) is 7.04. The van der Waals surface area contributed by atoms with Gasteiger partial charge in [-0.3, -0.25) is 0 Å². The number of aliphatic carboxylic acids is 1. The summed E-state index contributed by atoms with van der Waals surface area (Å²) in [4.78, 5) is 10.8. The van der Waals surface area contributed by atoms with Gasteiger partial charge in [-0.05, 0) is 6.92 Å². The first-order valence-electron chi connectivity index (χ1n) is 3.98. The Balaban J connectivity index is 2.63. The highest BCUT2D eigenvalue weighted by atomic mass is 16.5. The molecule has 1 rings (SSSR count). The van der Waals surface area contributed by atoms with E-state index in [2.05, 4.69) is 10.6 Å². The van der Waals surface area contributed by atoms with E-state index in [0.717, 1.165) is 6.54 Å². The summed E-state index contributed by atoms with van der Waals surface area (Å²) in [5.41, 5.74) is -1.34. The maximum absolute atomic E-state index is 10.8. The number of nitrogens with zero attached hydrogens (tertiary/aromatic N) is 1. The predicted molar refractivity (Wildman–Crippen MR) is 41.9 cm³/mol. The van der Waals surface area contributed by atoms with Gasteiger partial charge in [0.1, 0.15) is 0 Å². The smallest absolute Gasteiger partial charge is 0.354 e. The molecule has 1 fully saturated rings. The first-order chi connectivity index (χ1) is 5.71. The van der Waals surface area contributed by atoms with Gasteiger partial charge in [-0.25, -0.2) is 4.79 Å². The summed E-state index contributed by atoms with van der Waals surface area (Å²) in [6.07, 6.45) is 0. The van der Waals surface area contributed by atoms with Crippen LogP contribution in [0.3, 0.4) is 0 Å². The van der Waals surface area contributed by atoms with Crippen LogP contribution in [0.4, 0.5) is 0 Å². The normalized spacial score (nSPS) is 30.1. The SMILES string of the molecule is CCOC1(C(=O)O)CNCC[N]1. The van der Waals surface area contributed by atoms with E-state index in [0.29, 0.717) is 13.2 Å². The van der Waals surface area contributed by atoms with E-state index in [1.807, 2.05) is 0 Å². The van der Waals surface area contributed by atoms with Gasteiger partial charge >= 0.3 is 5.97 Å². The monoisotopic (exact) mass is 173 g/mol. The predicted octanol–water partition coefficient (Wildman–Crippen LogP) is -0.989. The van der Waals surface area contributed by atoms with Crippen LogP contribution in [0.25, 0.3) is 0 Å². The molecular formula is C7H13N2O3. The molecule has 12 heavy (non-hydrogen) atoms. The standard InChI is InChI=1S/C7H13N2O3/c1-2-12-7(6(10)11)5-8-3-4-9-7/h8H,2-5H2,1H3,(H,10,11). The van der Waals surface area contributed by atoms with Crippen molar-refractivity contribution in [3.05, 3.63) is 0 Å². The Kier molecular flexibility index (Phi) is 3.02. The minimum Gasteiger partial charge on any atom is -0.478 e. The van der Waals surface area contributed by atoms with Crippen LogP contribution in [0.1, 0.15) is 6.92 Å². The minimum atomic E-state index is -1.34. The molecule has 1 atom stereocenters. The zero-order valence-electron chi connectivity index (χ0n) is 7.04. The van der Waals surface area contributed by atoms with Crippen LogP contribution in [0.2, 0.25) is 0 Å². The summed E-state index contributed by atoms with van der Waals surface area (Å²) in [5.74, 6) is -1.02. The van der Waals surface area contributed by atoms with Gasteiger partial charge in [0.25, 0.3) is 0 Å². The molecule has 2 N–H and O–H groups in total. The molecule has 5 nitrogen and oxygen atoms in total. The van der Waals surface area contributed by atoms with E-state index in [9.17, 15) is 4.79 Å². The van der Waals surface area contributed by atoms with Crippen LogP contribution in [0.15, 0.2) is 0 Å². The van der Waals surface area contributed by atoms with E-state index in [1.54, 1.807) is 6.92 Å². The molecular weight excluding hydrogens is 160 g/mol. The second-order valence-corrected chi connectivity index (χ2v) is 2.58. The third-order valence-corrected chi connectivity index (χ3v) is 1.74. The average molecular weight is 173 g/mol. The summed E-state index contributed by atoms with van der Waals surface area (Å²) in [7, 11) is 0. The lowest BCUT2D eigenvalue weighted by Crippen LogP contribution is -2.61. The molecule has 1 heterocycles. The number of hydrogen-bond donors (Lipinski definition) is 2. The molecule has 1 aliphatic rings. The fraction of sp³-hybridized carbons (Fsp3) is 0.857. The van der Waals surface area contributed by atoms with Crippen molar-refractivity contribution in [1.82, 2.24) is 10.6 Å². The molecule has 0 amide bonds. The Morgan fingerprint density at radius 3 is 3.00 bits per heavy atom. The number of nitrogens with one attached hydrogen (secondary N) is 1. The van der Waals surface area contributed by atoms with E-state index >= 15 is 0 Å². The first-order valence-corrected chi connectivity index (χ1v) is 3.98. The first kappa shape index (κ1) is 9.44. The Hall–Kier alpha value is -0.650. The fourth-order valence-corrected chi connectivity index (χ4v) is 1.17. The quantitative estimate of drug-likeness (QED) is 0.575. The number of piperazine rings is 1. The summed E-state index contributed by atoms with van der Waals surface area (Å²) in [5, 5.41) is 15.8. The Morgan fingerprint density at radius 1 is 1.83 bits per heavy atom. The molecule has 0 aromatic carbocycles. The van der Waals surface area contributed by atoms with Crippen LogP contribution >= 0.6 is 0 Å². The van der Waals surface area contributed by atoms with Gasteiger partial charge in [0.05, 0.1) is 6.54 Å². The summed E-state index contributed by atoms with van der Waals surface area (Å²) in [6, 6.07) is 0. The summed E-state index contributed by atoms with van der Waals surface area (Å²) in [6.45, 7) is 3.59. The van der Waals surface area contributed by atoms with Gasteiger partial charge in [0, 0.05) is 19.7 Å². The molecule has 0 spiro atoms. The van der Waals surface area contributed by atoms with E-state index in [-0.39, 0.29) is 6.54 Å². The van der Waals surface area contributed by atoms with Gasteiger partial charge in [-0.1, -0.05) is 0 Å². The lowest BCUT2D eigenvalue weighted by molar-refractivity contribution is -0.172. The molecule has 1 radical (unpaired) electrons. The van der Waals surface area contributed by atoms with Crippen molar-refractivity contribution in [3.63, 3.8) is 0 Å². The van der Waals surface area contributed by atoms with Crippen molar-refractivity contribution in [2.75, 3.05) is 26.2 Å². The lowest BCUT2D eigenvalue weighted by Gasteiger charge is -2.32. The Labute approximate surface area is 71.1 Å². The summed E-state index contributed by atoms with van der Waals surface area (Å²) < 4.78 is 5.10. The fourth-order valence-electron chi connectivity index (χ4n) is 1.17. The van der Waals surface area contributed by atoms with Gasteiger partial charge in [-0.2, -0.15) is 5.32 Å². The number of carbonyl (C=O) groups is 1. The van der Waals surface area contributed by atoms with Crippen molar-refractivity contribution in [2.24, 2.45) is 0 Å². The highest BCUT2D eigenvalue weighted by molar-refractivity contribution is 5.77. The molecule has 69 valence electrons. The van der Waals surface area contributed by atoms with E-state index < -0.39 is 11.7 Å². The van der Waals surface area contributed by atoms with Crippen molar-refractivity contribution in [3.8, 4) is 0 Å². The maximum atomic E-state index is 10.8. The molecule has 1 saturated heterocycles. The van der Waals surface area contributed by atoms with Crippen LogP contribution in [0, 0.1) is 0 Å². The minimum absolute atomic E-state index is 0.260. The van der Waals surface area contributed by atoms with E-state index in [4.69, 9.17) is 9.84 Å². The number of rotatable bonds is 3. The van der Waals surface area contributed by atoms with Gasteiger partial charge in [0.2, 0.25) is 5.72 Å². The maximum Gasteiger partial charge on any atom is 0.354 e. The van der Waals surface area contributed by atoms with Crippen LogP contribution in [-0.4, -0.2) is 43.0 Å². The van der Waals surface area contributed by atoms with Gasteiger partial charge in [0.15, 0.2) is 0 Å². The molecule has 0 aromatic rings. The lowest BCUT2D eigenvalue weighted by atomic mass is 10.2. The van der Waals surface area contributed by atoms with Crippen molar-refractivity contribution in [1.29, 1.82) is 0 Å². The van der Waals surface area contributed by atoms with Crippen LogP contribution in [0.5, 0.6) is 0 Å². The van der Waals surface area contributed by atoms with Crippen molar-refractivity contribution in [2.45, 2.75) is 12.6 Å². The molecule has 0 aliphatic carbocycles. The second-order valence-electron chi connectivity index (χ2n) is 2.58.